The summed E-state index contributed by atoms with van der Waals surface area (Å²) in [5.74, 6) is 0.954. The van der Waals surface area contributed by atoms with Crippen molar-refractivity contribution in [3.05, 3.63) is 65.6 Å². The van der Waals surface area contributed by atoms with Crippen molar-refractivity contribution in [3.63, 3.8) is 0 Å². The third kappa shape index (κ3) is 2.60. The first kappa shape index (κ1) is 16.2. The van der Waals surface area contributed by atoms with E-state index in [1.54, 1.807) is 60.4 Å². The second kappa shape index (κ2) is 5.92. The van der Waals surface area contributed by atoms with Crippen LogP contribution in [-0.2, 0) is 12.7 Å². The maximum Gasteiger partial charge on any atom is 0.322 e. The summed E-state index contributed by atoms with van der Waals surface area (Å²) in [7, 11) is 1.80. The van der Waals surface area contributed by atoms with Gasteiger partial charge in [-0.1, -0.05) is 18.2 Å². The molecule has 1 unspecified atom stereocenters. The first-order valence-corrected chi connectivity index (χ1v) is 8.01. The first-order valence-electron chi connectivity index (χ1n) is 8.01. The van der Waals surface area contributed by atoms with E-state index in [1.807, 2.05) is 6.92 Å². The van der Waals surface area contributed by atoms with Crippen molar-refractivity contribution < 1.29 is 9.13 Å². The lowest BCUT2D eigenvalue weighted by atomic mass is 9.92. The van der Waals surface area contributed by atoms with E-state index in [4.69, 9.17) is 10.5 Å². The largest absolute Gasteiger partial charge is 0.424 e. The minimum Gasteiger partial charge on any atom is -0.424 e. The molecule has 0 fully saturated rings. The minimum absolute atomic E-state index is 0.188. The predicted octanol–water partition coefficient (Wildman–Crippen LogP) is 2.83. The van der Waals surface area contributed by atoms with E-state index in [1.165, 1.54) is 0 Å². The third-order valence-corrected chi connectivity index (χ3v) is 4.25. The average molecular weight is 352 g/mol. The summed E-state index contributed by atoms with van der Waals surface area (Å²) < 4.78 is 21.8. The van der Waals surface area contributed by atoms with E-state index in [-0.39, 0.29) is 6.01 Å². The molecule has 0 bridgehead atoms. The molecule has 8 heteroatoms. The van der Waals surface area contributed by atoms with Crippen molar-refractivity contribution in [1.29, 1.82) is 0 Å². The number of aryl methyl sites for hydroxylation is 2. The molecule has 7 nitrogen and oxygen atoms in total. The van der Waals surface area contributed by atoms with Gasteiger partial charge in [-0.25, -0.2) is 15.0 Å². The number of aromatic nitrogens is 3. The molecule has 3 heterocycles. The number of nitrogens with one attached hydrogen (secondary N) is 1. The van der Waals surface area contributed by atoms with Gasteiger partial charge in [0.2, 0.25) is 0 Å². The molecule has 3 aromatic rings. The summed E-state index contributed by atoms with van der Waals surface area (Å²) in [6, 6.07) is 10.8. The summed E-state index contributed by atoms with van der Waals surface area (Å²) in [4.78, 5) is 12.4. The van der Waals surface area contributed by atoms with Gasteiger partial charge in [0.15, 0.2) is 5.66 Å². The van der Waals surface area contributed by atoms with Crippen LogP contribution >= 0.6 is 0 Å². The highest BCUT2D eigenvalue weighted by Crippen LogP contribution is 2.41. The molecule has 1 atom stereocenters. The minimum atomic E-state index is -1.44. The van der Waals surface area contributed by atoms with Crippen LogP contribution in [0.1, 0.15) is 16.8 Å². The third-order valence-electron chi connectivity index (χ3n) is 4.25. The summed E-state index contributed by atoms with van der Waals surface area (Å²) in [6.45, 7) is 1.84. The van der Waals surface area contributed by atoms with Crippen LogP contribution in [-0.4, -0.2) is 20.6 Å². The highest BCUT2D eigenvalue weighted by Gasteiger charge is 2.39. The van der Waals surface area contributed by atoms with E-state index in [0.29, 0.717) is 22.7 Å². The zero-order valence-electron chi connectivity index (χ0n) is 14.3. The molecule has 0 spiro atoms. The number of anilines is 1. The van der Waals surface area contributed by atoms with Crippen molar-refractivity contribution in [2.45, 2.75) is 12.6 Å². The zero-order valence-corrected chi connectivity index (χ0v) is 14.3. The number of nitrogens with zero attached hydrogens (tertiary/aromatic N) is 4. The molecule has 26 heavy (non-hydrogen) atoms. The Hall–Kier alpha value is -3.26. The van der Waals surface area contributed by atoms with Crippen LogP contribution < -0.4 is 15.8 Å². The van der Waals surface area contributed by atoms with Crippen LogP contribution in [0.25, 0.3) is 0 Å². The number of fused-ring (bicyclic) bond motifs is 1. The van der Waals surface area contributed by atoms with Gasteiger partial charge >= 0.3 is 6.01 Å². The molecule has 0 saturated heterocycles. The highest BCUT2D eigenvalue weighted by molar-refractivity contribution is 5.91. The molecule has 1 aliphatic heterocycles. The molecule has 0 amide bonds. The van der Waals surface area contributed by atoms with Crippen LogP contribution in [0.3, 0.4) is 0 Å². The molecule has 0 radical (unpaired) electrons. The maximum atomic E-state index is 14.2. The lowest BCUT2D eigenvalue weighted by Crippen LogP contribution is -2.41. The Balaban J connectivity index is 1.84. The van der Waals surface area contributed by atoms with Gasteiger partial charge in [-0.05, 0) is 25.1 Å². The number of benzene rings is 1. The molecule has 2 aromatic heterocycles. The molecule has 4 rings (SSSR count). The number of amidine groups is 1. The number of hydrogen-bond donors (Lipinski definition) is 2. The number of hydrogen-bond acceptors (Lipinski definition) is 6. The fraction of sp³-hybridized carbons (Fsp3) is 0.167. The van der Waals surface area contributed by atoms with Crippen LogP contribution in [0, 0.1) is 6.92 Å². The Morgan fingerprint density at radius 2 is 2.00 bits per heavy atom. The van der Waals surface area contributed by atoms with Gasteiger partial charge < -0.3 is 14.6 Å². The SMILES string of the molecule is Cc1ccnc(Oc2ccccc2C2(N)N=C(F)Nc3c2ccn3C)n1. The Morgan fingerprint density at radius 3 is 2.81 bits per heavy atom. The topological polar surface area (TPSA) is 90.4 Å². The highest BCUT2D eigenvalue weighted by atomic mass is 19.1. The summed E-state index contributed by atoms with van der Waals surface area (Å²) in [6.07, 6.45) is 2.64. The predicted molar refractivity (Wildman–Crippen MR) is 95.8 cm³/mol. The van der Waals surface area contributed by atoms with E-state index < -0.39 is 11.8 Å². The van der Waals surface area contributed by atoms with Gasteiger partial charge in [-0.3, -0.25) is 5.73 Å². The van der Waals surface area contributed by atoms with Gasteiger partial charge in [0.05, 0.1) is 0 Å². The molecule has 132 valence electrons. The molecular weight excluding hydrogens is 335 g/mol. The number of aliphatic imine (C=N–C) groups is 1. The monoisotopic (exact) mass is 352 g/mol. The molecular formula is C18H17FN6O. The van der Waals surface area contributed by atoms with E-state index in [0.717, 1.165) is 5.69 Å². The fourth-order valence-corrected chi connectivity index (χ4v) is 2.98. The number of ether oxygens (including phenoxy) is 1. The Bertz CT molecular complexity index is 1010. The van der Waals surface area contributed by atoms with Gasteiger partial charge in [0.1, 0.15) is 11.6 Å². The second-order valence-electron chi connectivity index (χ2n) is 6.06. The molecule has 1 aliphatic rings. The normalized spacial score (nSPS) is 18.7. The van der Waals surface area contributed by atoms with Gasteiger partial charge in [0.25, 0.3) is 6.09 Å². The van der Waals surface area contributed by atoms with Crippen molar-refractivity contribution >= 4 is 11.9 Å². The lowest BCUT2D eigenvalue weighted by Gasteiger charge is -2.31. The standard InChI is InChI=1S/C18H17FN6O/c1-11-7-9-21-17(22-11)26-14-6-4-3-5-12(14)18(20)13-8-10-25(2)15(13)23-16(19)24-18/h3-10H,20H2,1-2H3,(H,23,24). The average Bonchev–Trinajstić information content (AvgIpc) is 2.97. The number of rotatable bonds is 3. The van der Waals surface area contributed by atoms with Crippen molar-refractivity contribution in [1.82, 2.24) is 14.5 Å². The Labute approximate surface area is 149 Å². The van der Waals surface area contributed by atoms with E-state index in [9.17, 15) is 4.39 Å². The number of nitrogens with two attached hydrogens (primary N) is 1. The molecule has 0 saturated carbocycles. The number of halogens is 1. The lowest BCUT2D eigenvalue weighted by molar-refractivity contribution is 0.418. The second-order valence-corrected chi connectivity index (χ2v) is 6.06. The number of para-hydroxylation sites is 1. The summed E-state index contributed by atoms with van der Waals surface area (Å²) in [5, 5.41) is 2.61. The Morgan fingerprint density at radius 1 is 1.19 bits per heavy atom. The van der Waals surface area contributed by atoms with Crippen LogP contribution in [0.2, 0.25) is 0 Å². The van der Waals surface area contributed by atoms with Crippen molar-refractivity contribution in [2.75, 3.05) is 5.32 Å². The molecule has 1 aromatic carbocycles. The first-order chi connectivity index (χ1) is 12.5. The van der Waals surface area contributed by atoms with Gasteiger partial charge in [-0.15, -0.1) is 0 Å². The molecule has 3 N–H and O–H groups in total. The van der Waals surface area contributed by atoms with Crippen molar-refractivity contribution in [3.8, 4) is 11.8 Å². The smallest absolute Gasteiger partial charge is 0.322 e. The van der Waals surface area contributed by atoms with Crippen molar-refractivity contribution in [2.24, 2.45) is 17.8 Å². The Kier molecular flexibility index (Phi) is 3.69. The zero-order chi connectivity index (χ0) is 18.3. The maximum absolute atomic E-state index is 14.2. The van der Waals surface area contributed by atoms with E-state index in [2.05, 4.69) is 20.3 Å². The van der Waals surface area contributed by atoms with E-state index >= 15 is 0 Å². The molecule has 0 aliphatic carbocycles. The quantitative estimate of drug-likeness (QED) is 0.708. The summed E-state index contributed by atoms with van der Waals surface area (Å²) in [5.41, 5.74) is 7.06. The van der Waals surface area contributed by atoms with Gasteiger partial charge in [0, 0.05) is 36.3 Å². The van der Waals surface area contributed by atoms with Crippen LogP contribution in [0.4, 0.5) is 10.2 Å². The van der Waals surface area contributed by atoms with Gasteiger partial charge in [-0.2, -0.15) is 4.39 Å². The fourth-order valence-electron chi connectivity index (χ4n) is 2.98. The summed E-state index contributed by atoms with van der Waals surface area (Å²) >= 11 is 0. The van der Waals surface area contributed by atoms with Crippen LogP contribution in [0.15, 0.2) is 53.8 Å². The van der Waals surface area contributed by atoms with Crippen LogP contribution in [0.5, 0.6) is 11.8 Å².